The van der Waals surface area contributed by atoms with E-state index in [1.54, 1.807) is 35.3 Å². The normalized spacial score (nSPS) is 10.3. The molecule has 0 unspecified atom stereocenters. The third-order valence-corrected chi connectivity index (χ3v) is 3.12. The minimum atomic E-state index is -0.222. The van der Waals surface area contributed by atoms with Crippen LogP contribution < -0.4 is 10.1 Å². The maximum atomic E-state index is 12.2. The van der Waals surface area contributed by atoms with Gasteiger partial charge < -0.3 is 10.1 Å². The number of anilines is 1. The average molecular weight is 324 g/mol. The molecule has 1 aromatic heterocycles. The molecule has 0 aliphatic carbocycles. The number of nitrogens with one attached hydrogen (secondary N) is 1. The van der Waals surface area contributed by atoms with Crippen LogP contribution in [0.3, 0.4) is 0 Å². The summed E-state index contributed by atoms with van der Waals surface area (Å²) < 4.78 is 7.81. The first-order valence-corrected chi connectivity index (χ1v) is 6.60. The lowest BCUT2D eigenvalue weighted by Gasteiger charge is -2.08. The molecule has 1 heterocycles. The molecule has 2 aromatic rings. The van der Waals surface area contributed by atoms with Crippen molar-refractivity contribution in [2.24, 2.45) is 0 Å². The zero-order valence-electron chi connectivity index (χ0n) is 10.7. The van der Waals surface area contributed by atoms with Crippen LogP contribution in [0.15, 0.2) is 35.1 Å². The number of aromatic nitrogens is 2. The van der Waals surface area contributed by atoms with Crippen LogP contribution in [0.5, 0.6) is 5.75 Å². The molecular weight excluding hydrogens is 310 g/mol. The van der Waals surface area contributed by atoms with E-state index in [0.29, 0.717) is 17.0 Å². The van der Waals surface area contributed by atoms with Crippen molar-refractivity contribution in [3.05, 3.63) is 40.6 Å². The first kappa shape index (κ1) is 13.6. The maximum Gasteiger partial charge on any atom is 0.259 e. The van der Waals surface area contributed by atoms with Gasteiger partial charge in [0.05, 0.1) is 24.6 Å². The van der Waals surface area contributed by atoms with E-state index in [1.165, 1.54) is 7.11 Å². The van der Waals surface area contributed by atoms with Crippen molar-refractivity contribution in [1.29, 1.82) is 0 Å². The molecule has 0 radical (unpaired) electrons. The Hall–Kier alpha value is -1.82. The van der Waals surface area contributed by atoms with Crippen LogP contribution in [0.1, 0.15) is 17.3 Å². The third-order valence-electron chi connectivity index (χ3n) is 2.62. The number of carbonyl (C=O) groups is 1. The summed E-state index contributed by atoms with van der Waals surface area (Å²) in [7, 11) is 1.54. The van der Waals surface area contributed by atoms with Crippen LogP contribution in [0.25, 0.3) is 0 Å². The molecule has 5 nitrogen and oxygen atoms in total. The van der Waals surface area contributed by atoms with Gasteiger partial charge in [-0.15, -0.1) is 0 Å². The SMILES string of the molecule is CCn1cc(NC(=O)c2ccc(Br)cc2OC)cn1. The standard InChI is InChI=1S/C13H14BrN3O2/c1-3-17-8-10(7-15-17)16-13(18)11-5-4-9(14)6-12(11)19-2/h4-8H,3H2,1-2H3,(H,16,18). The molecule has 2 rings (SSSR count). The van der Waals surface area contributed by atoms with Gasteiger partial charge in [-0.25, -0.2) is 0 Å². The number of aryl methyl sites for hydroxylation is 1. The number of hydrogen-bond acceptors (Lipinski definition) is 3. The van der Waals surface area contributed by atoms with Gasteiger partial charge >= 0.3 is 0 Å². The number of amides is 1. The quantitative estimate of drug-likeness (QED) is 0.941. The van der Waals surface area contributed by atoms with Gasteiger partial charge in [-0.1, -0.05) is 15.9 Å². The summed E-state index contributed by atoms with van der Waals surface area (Å²) in [5.74, 6) is 0.301. The Morgan fingerprint density at radius 3 is 2.95 bits per heavy atom. The highest BCUT2D eigenvalue weighted by atomic mass is 79.9. The highest BCUT2D eigenvalue weighted by Crippen LogP contribution is 2.24. The Kier molecular flexibility index (Phi) is 4.21. The Balaban J connectivity index is 2.20. The van der Waals surface area contributed by atoms with Gasteiger partial charge in [0.15, 0.2) is 0 Å². The van der Waals surface area contributed by atoms with Gasteiger partial charge in [0, 0.05) is 17.2 Å². The van der Waals surface area contributed by atoms with E-state index in [-0.39, 0.29) is 5.91 Å². The molecule has 0 aliphatic rings. The van der Waals surface area contributed by atoms with Crippen LogP contribution >= 0.6 is 15.9 Å². The predicted octanol–water partition coefficient (Wildman–Crippen LogP) is 2.93. The number of rotatable bonds is 4. The van der Waals surface area contributed by atoms with Crippen molar-refractivity contribution in [2.45, 2.75) is 13.5 Å². The fourth-order valence-corrected chi connectivity index (χ4v) is 1.99. The Morgan fingerprint density at radius 1 is 1.53 bits per heavy atom. The highest BCUT2D eigenvalue weighted by Gasteiger charge is 2.13. The summed E-state index contributed by atoms with van der Waals surface area (Å²) in [6.45, 7) is 2.74. The van der Waals surface area contributed by atoms with Crippen molar-refractivity contribution in [3.63, 3.8) is 0 Å². The van der Waals surface area contributed by atoms with Gasteiger partial charge in [-0.3, -0.25) is 9.48 Å². The second-order valence-electron chi connectivity index (χ2n) is 3.88. The Bertz CT molecular complexity index is 595. The van der Waals surface area contributed by atoms with Crippen molar-refractivity contribution >= 4 is 27.5 Å². The largest absolute Gasteiger partial charge is 0.496 e. The fourth-order valence-electron chi connectivity index (χ4n) is 1.65. The second kappa shape index (κ2) is 5.88. The monoisotopic (exact) mass is 323 g/mol. The van der Waals surface area contributed by atoms with Crippen molar-refractivity contribution < 1.29 is 9.53 Å². The molecule has 0 fully saturated rings. The zero-order valence-corrected chi connectivity index (χ0v) is 12.3. The molecule has 0 aliphatic heterocycles. The van der Waals surface area contributed by atoms with Gasteiger partial charge in [-0.2, -0.15) is 5.10 Å². The summed E-state index contributed by atoms with van der Waals surface area (Å²) in [5.41, 5.74) is 1.15. The van der Waals surface area contributed by atoms with Crippen LogP contribution in [-0.4, -0.2) is 22.8 Å². The number of nitrogens with zero attached hydrogens (tertiary/aromatic N) is 2. The smallest absolute Gasteiger partial charge is 0.259 e. The summed E-state index contributed by atoms with van der Waals surface area (Å²) in [6, 6.07) is 5.26. The van der Waals surface area contributed by atoms with E-state index in [4.69, 9.17) is 4.74 Å². The molecule has 6 heteroatoms. The molecule has 0 saturated heterocycles. The average Bonchev–Trinajstić information content (AvgIpc) is 2.86. The molecular formula is C13H14BrN3O2. The minimum Gasteiger partial charge on any atom is -0.496 e. The molecule has 1 N–H and O–H groups in total. The first-order chi connectivity index (χ1) is 9.13. The molecule has 1 amide bonds. The predicted molar refractivity (Wildman–Crippen MR) is 76.5 cm³/mol. The lowest BCUT2D eigenvalue weighted by molar-refractivity contribution is 0.102. The summed E-state index contributed by atoms with van der Waals surface area (Å²) >= 11 is 3.34. The summed E-state index contributed by atoms with van der Waals surface area (Å²) in [5, 5.41) is 6.89. The third kappa shape index (κ3) is 3.14. The summed E-state index contributed by atoms with van der Waals surface area (Å²) in [6.07, 6.45) is 3.40. The lowest BCUT2D eigenvalue weighted by atomic mass is 10.2. The topological polar surface area (TPSA) is 56.2 Å². The van der Waals surface area contributed by atoms with Crippen molar-refractivity contribution in [3.8, 4) is 5.75 Å². The Labute approximate surface area is 119 Å². The molecule has 0 bridgehead atoms. The van der Waals surface area contributed by atoms with Crippen LogP contribution in [-0.2, 0) is 6.54 Å². The van der Waals surface area contributed by atoms with Gasteiger partial charge in [0.2, 0.25) is 0 Å². The van der Waals surface area contributed by atoms with Crippen molar-refractivity contribution in [1.82, 2.24) is 9.78 Å². The molecule has 19 heavy (non-hydrogen) atoms. The van der Waals surface area contributed by atoms with E-state index in [1.807, 2.05) is 6.92 Å². The second-order valence-corrected chi connectivity index (χ2v) is 4.80. The van der Waals surface area contributed by atoms with Crippen molar-refractivity contribution in [2.75, 3.05) is 12.4 Å². The van der Waals surface area contributed by atoms with Gasteiger partial charge in [0.25, 0.3) is 5.91 Å². The number of hydrogen-bond donors (Lipinski definition) is 1. The van der Waals surface area contributed by atoms with Gasteiger partial charge in [0.1, 0.15) is 5.75 Å². The van der Waals surface area contributed by atoms with Crippen LogP contribution in [0, 0.1) is 0 Å². The van der Waals surface area contributed by atoms with Crippen LogP contribution in [0.2, 0.25) is 0 Å². The fraction of sp³-hybridized carbons (Fsp3) is 0.231. The van der Waals surface area contributed by atoms with E-state index in [0.717, 1.165) is 11.0 Å². The maximum absolute atomic E-state index is 12.2. The van der Waals surface area contributed by atoms with E-state index in [2.05, 4.69) is 26.3 Å². The lowest BCUT2D eigenvalue weighted by Crippen LogP contribution is -2.12. The number of halogens is 1. The molecule has 1 aromatic carbocycles. The molecule has 0 saturated carbocycles. The molecule has 0 atom stereocenters. The van der Waals surface area contributed by atoms with E-state index >= 15 is 0 Å². The summed E-state index contributed by atoms with van der Waals surface area (Å²) in [4.78, 5) is 12.2. The van der Waals surface area contributed by atoms with Crippen LogP contribution in [0.4, 0.5) is 5.69 Å². The number of ether oxygens (including phenoxy) is 1. The first-order valence-electron chi connectivity index (χ1n) is 5.81. The van der Waals surface area contributed by atoms with Gasteiger partial charge in [-0.05, 0) is 25.1 Å². The minimum absolute atomic E-state index is 0.222. The number of methoxy groups -OCH3 is 1. The van der Waals surface area contributed by atoms with E-state index in [9.17, 15) is 4.79 Å². The molecule has 0 spiro atoms. The number of carbonyl (C=O) groups excluding carboxylic acids is 1. The molecule has 100 valence electrons. The number of benzene rings is 1. The zero-order chi connectivity index (χ0) is 13.8. The highest BCUT2D eigenvalue weighted by molar-refractivity contribution is 9.10. The Morgan fingerprint density at radius 2 is 2.32 bits per heavy atom. The van der Waals surface area contributed by atoms with E-state index < -0.39 is 0 Å².